The van der Waals surface area contributed by atoms with Gasteiger partial charge in [0.2, 0.25) is 0 Å². The maximum atomic E-state index is 10.4. The van der Waals surface area contributed by atoms with E-state index in [1.807, 2.05) is 6.26 Å². The van der Waals surface area contributed by atoms with Gasteiger partial charge in [0.1, 0.15) is 5.69 Å². The number of hydrogen-bond donors (Lipinski definition) is 0. The van der Waals surface area contributed by atoms with Gasteiger partial charge in [0, 0.05) is 7.05 Å². The fourth-order valence-corrected chi connectivity index (χ4v) is 1.26. The normalized spacial score (nSPS) is 9.80. The molecule has 0 saturated carbocycles. The first-order valence-electron chi connectivity index (χ1n) is 2.80. The number of aromatic nitrogens is 2. The van der Waals surface area contributed by atoms with E-state index in [0.717, 1.165) is 11.2 Å². The minimum atomic E-state index is 0.646. The highest BCUT2D eigenvalue weighted by atomic mass is 32.2. The first-order chi connectivity index (χ1) is 4.79. The summed E-state index contributed by atoms with van der Waals surface area (Å²) in [4.78, 5) is 11.3. The predicted octanol–water partition coefficient (Wildman–Crippen LogP) is 0.955. The highest BCUT2D eigenvalue weighted by molar-refractivity contribution is 7.98. The zero-order valence-electron chi connectivity index (χ0n) is 5.87. The van der Waals surface area contributed by atoms with Gasteiger partial charge in [-0.3, -0.25) is 9.48 Å². The molecule has 1 aromatic rings. The summed E-state index contributed by atoms with van der Waals surface area (Å²) in [6.45, 7) is 0. The average molecular weight is 156 g/mol. The predicted molar refractivity (Wildman–Crippen MR) is 40.4 cm³/mol. The van der Waals surface area contributed by atoms with Crippen molar-refractivity contribution in [3.8, 4) is 0 Å². The zero-order valence-corrected chi connectivity index (χ0v) is 6.68. The van der Waals surface area contributed by atoms with Crippen molar-refractivity contribution < 1.29 is 4.79 Å². The van der Waals surface area contributed by atoms with Crippen LogP contribution < -0.4 is 0 Å². The van der Waals surface area contributed by atoms with Gasteiger partial charge in [0.25, 0.3) is 0 Å². The van der Waals surface area contributed by atoms with E-state index in [1.54, 1.807) is 17.9 Å². The second kappa shape index (κ2) is 2.88. The Balaban J connectivity index is 3.12. The third-order valence-electron chi connectivity index (χ3n) is 1.28. The molecule has 0 fully saturated rings. The van der Waals surface area contributed by atoms with Gasteiger partial charge >= 0.3 is 0 Å². The lowest BCUT2D eigenvalue weighted by atomic mass is 10.5. The molecule has 1 rings (SSSR count). The van der Waals surface area contributed by atoms with Gasteiger partial charge in [0.15, 0.2) is 6.29 Å². The quantitative estimate of drug-likeness (QED) is 0.472. The number of rotatable bonds is 2. The van der Waals surface area contributed by atoms with E-state index in [9.17, 15) is 4.79 Å². The van der Waals surface area contributed by atoms with Gasteiger partial charge in [-0.05, 0) is 6.26 Å². The van der Waals surface area contributed by atoms with Crippen LogP contribution in [0.1, 0.15) is 10.5 Å². The Morgan fingerprint density at radius 2 is 2.50 bits per heavy atom. The van der Waals surface area contributed by atoms with E-state index in [4.69, 9.17) is 0 Å². The van der Waals surface area contributed by atoms with E-state index < -0.39 is 0 Å². The van der Waals surface area contributed by atoms with E-state index >= 15 is 0 Å². The van der Waals surface area contributed by atoms with Crippen molar-refractivity contribution in [3.05, 3.63) is 11.9 Å². The molecule has 3 nitrogen and oxygen atoms in total. The van der Waals surface area contributed by atoms with Gasteiger partial charge in [-0.2, -0.15) is 5.10 Å². The SMILES string of the molecule is CSc1cnn(C)c1C=O. The number of nitrogens with zero attached hydrogens (tertiary/aromatic N) is 2. The van der Waals surface area contributed by atoms with E-state index in [-0.39, 0.29) is 0 Å². The zero-order chi connectivity index (χ0) is 7.56. The molecule has 0 amide bonds. The molecule has 10 heavy (non-hydrogen) atoms. The number of aldehydes is 1. The summed E-state index contributed by atoms with van der Waals surface area (Å²) < 4.78 is 1.57. The van der Waals surface area contributed by atoms with Gasteiger partial charge in [0.05, 0.1) is 11.1 Å². The second-order valence-electron chi connectivity index (χ2n) is 1.84. The highest BCUT2D eigenvalue weighted by Crippen LogP contribution is 2.16. The minimum Gasteiger partial charge on any atom is -0.296 e. The molecule has 0 aliphatic carbocycles. The first kappa shape index (κ1) is 7.34. The summed E-state index contributed by atoms with van der Waals surface area (Å²) >= 11 is 1.53. The number of carbonyl (C=O) groups excluding carboxylic acids is 1. The van der Waals surface area contributed by atoms with Gasteiger partial charge in [-0.1, -0.05) is 0 Å². The third kappa shape index (κ3) is 1.07. The fraction of sp³-hybridized carbons (Fsp3) is 0.333. The van der Waals surface area contributed by atoms with Crippen LogP contribution in [0.5, 0.6) is 0 Å². The molecule has 4 heteroatoms. The molecule has 1 aromatic heterocycles. The summed E-state index contributed by atoms with van der Waals surface area (Å²) in [7, 11) is 1.75. The summed E-state index contributed by atoms with van der Waals surface area (Å²) in [6, 6.07) is 0. The topological polar surface area (TPSA) is 34.9 Å². The Hall–Kier alpha value is -0.770. The maximum Gasteiger partial charge on any atom is 0.169 e. The summed E-state index contributed by atoms with van der Waals surface area (Å²) in [5.41, 5.74) is 0.646. The van der Waals surface area contributed by atoms with Crippen LogP contribution >= 0.6 is 11.8 Å². The van der Waals surface area contributed by atoms with Crippen molar-refractivity contribution in [2.45, 2.75) is 4.90 Å². The van der Waals surface area contributed by atoms with Crippen LogP contribution in [0.25, 0.3) is 0 Å². The third-order valence-corrected chi connectivity index (χ3v) is 2.04. The van der Waals surface area contributed by atoms with Crippen LogP contribution in [-0.2, 0) is 7.05 Å². The van der Waals surface area contributed by atoms with E-state index in [1.165, 1.54) is 11.8 Å². The molecule has 0 spiro atoms. The van der Waals surface area contributed by atoms with Crippen LogP contribution in [0.2, 0.25) is 0 Å². The van der Waals surface area contributed by atoms with Crippen molar-refractivity contribution in [2.24, 2.45) is 7.05 Å². The van der Waals surface area contributed by atoms with Crippen molar-refractivity contribution >= 4 is 18.0 Å². The lowest BCUT2D eigenvalue weighted by Crippen LogP contribution is -1.96. The summed E-state index contributed by atoms with van der Waals surface area (Å²) in [6.07, 6.45) is 4.43. The Morgan fingerprint density at radius 3 is 2.90 bits per heavy atom. The van der Waals surface area contributed by atoms with Gasteiger partial charge in [-0.15, -0.1) is 11.8 Å². The van der Waals surface area contributed by atoms with Crippen LogP contribution in [0.3, 0.4) is 0 Å². The van der Waals surface area contributed by atoms with Crippen molar-refractivity contribution in [3.63, 3.8) is 0 Å². The lowest BCUT2D eigenvalue weighted by Gasteiger charge is -1.92. The molecular formula is C6H8N2OS. The Kier molecular flexibility index (Phi) is 2.11. The van der Waals surface area contributed by atoms with Crippen molar-refractivity contribution in [2.75, 3.05) is 6.26 Å². The average Bonchev–Trinajstić information content (AvgIpc) is 2.30. The van der Waals surface area contributed by atoms with E-state index in [2.05, 4.69) is 5.10 Å². The Morgan fingerprint density at radius 1 is 1.80 bits per heavy atom. The molecule has 0 atom stereocenters. The summed E-state index contributed by atoms with van der Waals surface area (Å²) in [5.74, 6) is 0. The molecular weight excluding hydrogens is 148 g/mol. The summed E-state index contributed by atoms with van der Waals surface area (Å²) in [5, 5.41) is 3.92. The molecule has 54 valence electrons. The maximum absolute atomic E-state index is 10.4. The fourth-order valence-electron chi connectivity index (χ4n) is 0.718. The van der Waals surface area contributed by atoms with Gasteiger partial charge in [-0.25, -0.2) is 0 Å². The molecule has 0 radical (unpaired) electrons. The molecule has 0 aliphatic heterocycles. The molecule has 1 heterocycles. The molecule has 0 saturated heterocycles. The van der Waals surface area contributed by atoms with Crippen LogP contribution in [-0.4, -0.2) is 22.3 Å². The number of carbonyl (C=O) groups is 1. The smallest absolute Gasteiger partial charge is 0.169 e. The number of hydrogen-bond acceptors (Lipinski definition) is 3. The second-order valence-corrected chi connectivity index (χ2v) is 2.69. The largest absolute Gasteiger partial charge is 0.296 e. The van der Waals surface area contributed by atoms with Crippen molar-refractivity contribution in [1.82, 2.24) is 9.78 Å². The standard InChI is InChI=1S/C6H8N2OS/c1-8-5(4-9)6(10-2)3-7-8/h3-4H,1-2H3. The van der Waals surface area contributed by atoms with Crippen LogP contribution in [0, 0.1) is 0 Å². The van der Waals surface area contributed by atoms with Crippen molar-refractivity contribution in [1.29, 1.82) is 0 Å². The molecule has 0 aliphatic rings. The number of thioether (sulfide) groups is 1. The van der Waals surface area contributed by atoms with E-state index in [0.29, 0.717) is 5.69 Å². The monoisotopic (exact) mass is 156 g/mol. The Labute approximate surface area is 63.4 Å². The van der Waals surface area contributed by atoms with Crippen LogP contribution in [0.15, 0.2) is 11.1 Å². The molecule has 0 bridgehead atoms. The number of aryl methyl sites for hydroxylation is 1. The lowest BCUT2D eigenvalue weighted by molar-refractivity contribution is 0.111. The van der Waals surface area contributed by atoms with Crippen LogP contribution in [0.4, 0.5) is 0 Å². The Bertz CT molecular complexity index is 244. The molecule has 0 N–H and O–H groups in total. The molecule has 0 unspecified atom stereocenters. The molecule has 0 aromatic carbocycles. The first-order valence-corrected chi connectivity index (χ1v) is 4.03. The highest BCUT2D eigenvalue weighted by Gasteiger charge is 2.04. The minimum absolute atomic E-state index is 0.646. The van der Waals surface area contributed by atoms with Gasteiger partial charge < -0.3 is 0 Å².